The molecule has 0 saturated heterocycles. The van der Waals surface area contributed by atoms with Crippen LogP contribution in [0.25, 0.3) is 11.4 Å². The average molecular weight is 370 g/mol. The Morgan fingerprint density at radius 3 is 1.96 bits per heavy atom. The molecule has 1 aromatic heterocycles. The predicted octanol–water partition coefficient (Wildman–Crippen LogP) is 5.06. The van der Waals surface area contributed by atoms with Gasteiger partial charge in [0.2, 0.25) is 0 Å². The smallest absolute Gasteiger partial charge is 0.202 e. The second-order valence-electron chi connectivity index (χ2n) is 6.36. The number of hydrogen-bond donors (Lipinski definition) is 0. The summed E-state index contributed by atoms with van der Waals surface area (Å²) >= 11 is 3.57. The number of imidazole rings is 1. The highest BCUT2D eigenvalue weighted by Crippen LogP contribution is 2.24. The number of hydrogen-bond acceptors (Lipinski definition) is 0. The molecule has 0 aliphatic rings. The van der Waals surface area contributed by atoms with E-state index < -0.39 is 0 Å². The first-order valence-electron chi connectivity index (χ1n) is 7.81. The van der Waals surface area contributed by atoms with E-state index in [0.717, 1.165) is 4.47 Å². The van der Waals surface area contributed by atoms with Gasteiger partial charge in [-0.05, 0) is 69.0 Å². The summed E-state index contributed by atoms with van der Waals surface area (Å²) in [5.41, 5.74) is 8.94. The maximum atomic E-state index is 3.57. The van der Waals surface area contributed by atoms with Gasteiger partial charge in [-0.1, -0.05) is 33.6 Å². The van der Waals surface area contributed by atoms with Gasteiger partial charge in [-0.2, -0.15) is 0 Å². The van der Waals surface area contributed by atoms with Crippen molar-refractivity contribution < 1.29 is 4.57 Å². The number of nitrogens with zero attached hydrogens (tertiary/aromatic N) is 2. The van der Waals surface area contributed by atoms with Crippen LogP contribution in [0.5, 0.6) is 0 Å². The number of aromatic nitrogens is 2. The molecule has 0 spiro atoms. The maximum absolute atomic E-state index is 3.57. The molecule has 0 amide bonds. The van der Waals surface area contributed by atoms with Crippen LogP contribution in [0.15, 0.2) is 47.5 Å². The lowest BCUT2D eigenvalue weighted by Crippen LogP contribution is -2.30. The van der Waals surface area contributed by atoms with Crippen molar-refractivity contribution in [1.82, 2.24) is 4.57 Å². The van der Waals surface area contributed by atoms with Gasteiger partial charge >= 0.3 is 0 Å². The fourth-order valence-corrected chi connectivity index (χ4v) is 4.20. The lowest BCUT2D eigenvalue weighted by atomic mass is 10.1. The van der Waals surface area contributed by atoms with Crippen molar-refractivity contribution in [3.8, 4) is 11.4 Å². The highest BCUT2D eigenvalue weighted by atomic mass is 79.9. The van der Waals surface area contributed by atoms with Crippen molar-refractivity contribution in [2.45, 2.75) is 34.6 Å². The molecular formula is C20H22BrN2+. The van der Waals surface area contributed by atoms with Gasteiger partial charge in [0.1, 0.15) is 23.8 Å². The monoisotopic (exact) mass is 369 g/mol. The summed E-state index contributed by atoms with van der Waals surface area (Å²) in [4.78, 5) is 0. The van der Waals surface area contributed by atoms with E-state index >= 15 is 0 Å². The van der Waals surface area contributed by atoms with Crippen LogP contribution in [0.1, 0.15) is 27.8 Å². The van der Waals surface area contributed by atoms with E-state index in [1.54, 1.807) is 0 Å². The number of benzene rings is 2. The zero-order valence-corrected chi connectivity index (χ0v) is 15.9. The Balaban J connectivity index is 2.13. The van der Waals surface area contributed by atoms with Crippen molar-refractivity contribution in [3.63, 3.8) is 0 Å². The van der Waals surface area contributed by atoms with Gasteiger partial charge in [-0.25, -0.2) is 9.13 Å². The number of rotatable bonds is 2. The molecule has 0 aliphatic carbocycles. The van der Waals surface area contributed by atoms with E-state index in [2.05, 4.69) is 103 Å². The summed E-state index contributed by atoms with van der Waals surface area (Å²) < 4.78 is 5.54. The molecule has 0 N–H and O–H groups in total. The molecule has 3 heteroatoms. The van der Waals surface area contributed by atoms with Crippen molar-refractivity contribution in [2.24, 2.45) is 0 Å². The lowest BCUT2D eigenvalue weighted by Gasteiger charge is -2.08. The van der Waals surface area contributed by atoms with Crippen molar-refractivity contribution >= 4 is 15.9 Å². The van der Waals surface area contributed by atoms with E-state index in [4.69, 9.17) is 0 Å². The van der Waals surface area contributed by atoms with E-state index in [9.17, 15) is 0 Å². The van der Waals surface area contributed by atoms with Crippen LogP contribution in [-0.4, -0.2) is 4.57 Å². The molecule has 118 valence electrons. The Hall–Kier alpha value is -1.87. The first-order chi connectivity index (χ1) is 10.9. The molecule has 2 aromatic carbocycles. The molecule has 0 unspecified atom stereocenters. The highest BCUT2D eigenvalue weighted by Gasteiger charge is 2.16. The molecule has 0 fully saturated rings. The maximum Gasteiger partial charge on any atom is 0.254 e. The van der Waals surface area contributed by atoms with Crippen LogP contribution >= 0.6 is 15.9 Å². The van der Waals surface area contributed by atoms with Gasteiger partial charge in [0, 0.05) is 4.47 Å². The van der Waals surface area contributed by atoms with Gasteiger partial charge in [0.05, 0.1) is 0 Å². The van der Waals surface area contributed by atoms with Crippen molar-refractivity contribution in [1.29, 1.82) is 0 Å². The number of halogens is 1. The van der Waals surface area contributed by atoms with E-state index in [1.165, 1.54) is 39.2 Å². The third kappa shape index (κ3) is 2.98. The summed E-state index contributed by atoms with van der Waals surface area (Å²) in [6.07, 6.45) is 6.42. The summed E-state index contributed by atoms with van der Waals surface area (Å²) in [6, 6.07) is 8.80. The number of aryl methyl sites for hydroxylation is 5. The highest BCUT2D eigenvalue weighted by molar-refractivity contribution is 9.10. The van der Waals surface area contributed by atoms with Crippen molar-refractivity contribution in [2.75, 3.05) is 0 Å². The third-order valence-corrected chi connectivity index (χ3v) is 4.70. The molecule has 0 saturated carbocycles. The molecule has 3 aromatic rings. The van der Waals surface area contributed by atoms with E-state index in [-0.39, 0.29) is 0 Å². The topological polar surface area (TPSA) is 8.81 Å². The standard InChI is InChI=1S/C20H22BrN2/c1-13-8-14(2)19(15(3)9-13)22-6-7-23(12-22)20-16(4)10-18(21)11-17(20)5/h6-12H,1-5H3/q+1. The summed E-state index contributed by atoms with van der Waals surface area (Å²) in [6.45, 7) is 10.8. The first-order valence-corrected chi connectivity index (χ1v) is 8.60. The molecule has 23 heavy (non-hydrogen) atoms. The Morgan fingerprint density at radius 2 is 1.39 bits per heavy atom. The van der Waals surface area contributed by atoms with Crippen LogP contribution in [0.4, 0.5) is 0 Å². The molecule has 1 heterocycles. The first kappa shape index (κ1) is 16.0. The summed E-state index contributed by atoms with van der Waals surface area (Å²) in [7, 11) is 0. The lowest BCUT2D eigenvalue weighted by molar-refractivity contribution is -0.595. The fraction of sp³-hybridized carbons (Fsp3) is 0.250. The van der Waals surface area contributed by atoms with E-state index in [0.29, 0.717) is 0 Å². The summed E-state index contributed by atoms with van der Waals surface area (Å²) in [5.74, 6) is 0. The van der Waals surface area contributed by atoms with E-state index in [1.807, 2.05) is 0 Å². The van der Waals surface area contributed by atoms with Gasteiger partial charge < -0.3 is 0 Å². The SMILES string of the molecule is Cc1cc(C)c(-[n+]2ccn(-c3c(C)cc(Br)cc3C)c2)c(C)c1. The van der Waals surface area contributed by atoms with Crippen LogP contribution in [0, 0.1) is 34.6 Å². The quantitative estimate of drug-likeness (QED) is 0.558. The van der Waals surface area contributed by atoms with Crippen LogP contribution in [0.2, 0.25) is 0 Å². The predicted molar refractivity (Wildman–Crippen MR) is 98.7 cm³/mol. The second-order valence-corrected chi connectivity index (χ2v) is 7.28. The van der Waals surface area contributed by atoms with Crippen molar-refractivity contribution in [3.05, 3.63) is 75.3 Å². The summed E-state index contributed by atoms with van der Waals surface area (Å²) in [5, 5.41) is 0. The minimum Gasteiger partial charge on any atom is -0.202 e. The Morgan fingerprint density at radius 1 is 0.826 bits per heavy atom. The molecule has 0 bridgehead atoms. The van der Waals surface area contributed by atoms with Gasteiger partial charge in [-0.15, -0.1) is 0 Å². The third-order valence-electron chi connectivity index (χ3n) is 4.24. The molecule has 0 aliphatic heterocycles. The largest absolute Gasteiger partial charge is 0.254 e. The molecular weight excluding hydrogens is 348 g/mol. The molecule has 2 nitrogen and oxygen atoms in total. The molecule has 0 radical (unpaired) electrons. The average Bonchev–Trinajstić information content (AvgIpc) is 2.85. The minimum absolute atomic E-state index is 1.13. The van der Waals surface area contributed by atoms with Crippen LogP contribution < -0.4 is 4.57 Å². The molecule has 0 atom stereocenters. The van der Waals surface area contributed by atoms with Gasteiger partial charge in [-0.3, -0.25) is 0 Å². The van der Waals surface area contributed by atoms with Gasteiger partial charge in [0.25, 0.3) is 6.33 Å². The zero-order chi connectivity index (χ0) is 16.7. The van der Waals surface area contributed by atoms with Crippen LogP contribution in [0.3, 0.4) is 0 Å². The fourth-order valence-electron chi connectivity index (χ4n) is 3.51. The normalized spacial score (nSPS) is 11.0. The van der Waals surface area contributed by atoms with Gasteiger partial charge in [0.15, 0.2) is 0 Å². The second kappa shape index (κ2) is 5.97. The molecule has 3 rings (SSSR count). The minimum atomic E-state index is 1.13. The zero-order valence-electron chi connectivity index (χ0n) is 14.3. The Kier molecular flexibility index (Phi) is 4.15. The Bertz CT molecular complexity index is 772. The Labute approximate surface area is 146 Å². The van der Waals surface area contributed by atoms with Crippen LogP contribution in [-0.2, 0) is 0 Å².